The lowest BCUT2D eigenvalue weighted by molar-refractivity contribution is 0.638. The van der Waals surface area contributed by atoms with Crippen molar-refractivity contribution in [3.05, 3.63) is 34.6 Å². The molecule has 0 spiro atoms. The Labute approximate surface area is 123 Å². The van der Waals surface area contributed by atoms with Gasteiger partial charge < -0.3 is 5.32 Å². The van der Waals surface area contributed by atoms with Gasteiger partial charge in [-0.25, -0.2) is 0 Å². The molecule has 3 aromatic rings. The molecule has 0 saturated heterocycles. The fraction of sp³-hybridized carbons (Fsp3) is 0.182. The molecule has 0 bridgehead atoms. The molecule has 0 fully saturated rings. The van der Waals surface area contributed by atoms with Gasteiger partial charge in [-0.1, -0.05) is 23.2 Å². The monoisotopic (exact) mass is 313 g/mol. The van der Waals surface area contributed by atoms with E-state index in [4.69, 9.17) is 23.2 Å². The van der Waals surface area contributed by atoms with Crippen molar-refractivity contribution in [3.8, 4) is 0 Å². The van der Waals surface area contributed by atoms with Gasteiger partial charge in [0, 0.05) is 18.9 Å². The molecule has 5 nitrogen and oxygen atoms in total. The Kier molecular flexibility index (Phi) is 3.54. The molecule has 0 radical (unpaired) electrons. The summed E-state index contributed by atoms with van der Waals surface area (Å²) in [6, 6.07) is 3.57. The van der Waals surface area contributed by atoms with Crippen LogP contribution in [0.4, 0.5) is 5.69 Å². The normalized spacial score (nSPS) is 11.1. The molecule has 0 aliphatic heterocycles. The summed E-state index contributed by atoms with van der Waals surface area (Å²) in [5.41, 5.74) is 2.16. The van der Waals surface area contributed by atoms with Crippen LogP contribution in [0.15, 0.2) is 24.5 Å². The fourth-order valence-electron chi connectivity index (χ4n) is 1.77. The molecule has 0 atom stereocenters. The number of aromatic nitrogens is 4. The van der Waals surface area contributed by atoms with E-state index in [-0.39, 0.29) is 0 Å². The maximum atomic E-state index is 6.19. The molecule has 0 aliphatic carbocycles. The van der Waals surface area contributed by atoms with Crippen LogP contribution in [0.3, 0.4) is 0 Å². The first-order valence-corrected chi connectivity index (χ1v) is 7.06. The van der Waals surface area contributed by atoms with E-state index in [0.29, 0.717) is 27.6 Å². The first kappa shape index (κ1) is 12.7. The molecule has 0 amide bonds. The number of anilines is 1. The molecule has 2 aromatic heterocycles. The Bertz CT molecular complexity index is 694. The summed E-state index contributed by atoms with van der Waals surface area (Å²) >= 11 is 13.4. The van der Waals surface area contributed by atoms with Gasteiger partial charge in [0.2, 0.25) is 0 Å². The quantitative estimate of drug-likeness (QED) is 0.803. The SMILES string of the molecule is Clc1cc(Cl)c2nsnc2c1NCCn1cccn1. The lowest BCUT2D eigenvalue weighted by Gasteiger charge is -2.09. The maximum Gasteiger partial charge on any atom is 0.130 e. The van der Waals surface area contributed by atoms with Gasteiger partial charge in [0.15, 0.2) is 0 Å². The van der Waals surface area contributed by atoms with Crippen molar-refractivity contribution in [2.75, 3.05) is 11.9 Å². The summed E-state index contributed by atoms with van der Waals surface area (Å²) in [5.74, 6) is 0. The van der Waals surface area contributed by atoms with Crippen molar-refractivity contribution in [2.45, 2.75) is 6.54 Å². The number of benzene rings is 1. The van der Waals surface area contributed by atoms with Crippen LogP contribution in [0.2, 0.25) is 10.0 Å². The van der Waals surface area contributed by atoms with Gasteiger partial charge in [-0.15, -0.1) is 0 Å². The topological polar surface area (TPSA) is 55.6 Å². The van der Waals surface area contributed by atoms with Crippen LogP contribution in [0.5, 0.6) is 0 Å². The maximum absolute atomic E-state index is 6.19. The van der Waals surface area contributed by atoms with Crippen molar-refractivity contribution in [1.82, 2.24) is 18.5 Å². The van der Waals surface area contributed by atoms with Crippen molar-refractivity contribution >= 4 is 51.7 Å². The molecule has 0 aliphatic rings. The summed E-state index contributed by atoms with van der Waals surface area (Å²) in [6.45, 7) is 1.43. The Balaban J connectivity index is 1.82. The number of hydrogen-bond acceptors (Lipinski definition) is 5. The van der Waals surface area contributed by atoms with Gasteiger partial charge in [-0.05, 0) is 12.1 Å². The minimum Gasteiger partial charge on any atom is -0.380 e. The van der Waals surface area contributed by atoms with Gasteiger partial charge in [-0.2, -0.15) is 13.8 Å². The third-order valence-corrected chi connectivity index (χ3v) is 3.76. The highest BCUT2D eigenvalue weighted by molar-refractivity contribution is 7.00. The largest absolute Gasteiger partial charge is 0.380 e. The highest BCUT2D eigenvalue weighted by Gasteiger charge is 2.13. The molecule has 1 aromatic carbocycles. The zero-order valence-corrected chi connectivity index (χ0v) is 12.0. The predicted molar refractivity (Wildman–Crippen MR) is 78.2 cm³/mol. The molecular formula is C11H9Cl2N5S. The van der Waals surface area contributed by atoms with Crippen molar-refractivity contribution < 1.29 is 0 Å². The second kappa shape index (κ2) is 5.32. The summed E-state index contributed by atoms with van der Waals surface area (Å²) in [6.07, 6.45) is 3.66. The number of nitrogens with one attached hydrogen (secondary N) is 1. The van der Waals surface area contributed by atoms with Crippen LogP contribution in [0, 0.1) is 0 Å². The minimum absolute atomic E-state index is 0.520. The summed E-state index contributed by atoms with van der Waals surface area (Å²) in [5, 5.41) is 8.46. The Hall–Kier alpha value is -1.37. The second-order valence-electron chi connectivity index (χ2n) is 3.87. The van der Waals surface area contributed by atoms with Gasteiger partial charge in [0.05, 0.1) is 34.0 Å². The van der Waals surface area contributed by atoms with Crippen LogP contribution in [-0.2, 0) is 6.54 Å². The molecule has 98 valence electrons. The third-order valence-electron chi connectivity index (χ3n) is 2.65. The molecular weight excluding hydrogens is 305 g/mol. The van der Waals surface area contributed by atoms with E-state index in [2.05, 4.69) is 19.2 Å². The molecule has 19 heavy (non-hydrogen) atoms. The fourth-order valence-corrected chi connectivity index (χ4v) is 2.95. The second-order valence-corrected chi connectivity index (χ2v) is 5.22. The van der Waals surface area contributed by atoms with Crippen LogP contribution in [0.1, 0.15) is 0 Å². The molecule has 3 rings (SSSR count). The van der Waals surface area contributed by atoms with Crippen LogP contribution >= 0.6 is 34.9 Å². The smallest absolute Gasteiger partial charge is 0.130 e. The Morgan fingerprint density at radius 3 is 2.84 bits per heavy atom. The van der Waals surface area contributed by atoms with Gasteiger partial charge in [-0.3, -0.25) is 4.68 Å². The molecule has 0 saturated carbocycles. The van der Waals surface area contributed by atoms with Crippen molar-refractivity contribution in [3.63, 3.8) is 0 Å². The Morgan fingerprint density at radius 1 is 1.21 bits per heavy atom. The highest BCUT2D eigenvalue weighted by atomic mass is 35.5. The first-order valence-electron chi connectivity index (χ1n) is 5.57. The molecule has 2 heterocycles. The van der Waals surface area contributed by atoms with Gasteiger partial charge in [0.25, 0.3) is 0 Å². The number of rotatable bonds is 4. The number of nitrogens with zero attached hydrogens (tertiary/aromatic N) is 4. The number of halogens is 2. The number of fused-ring (bicyclic) bond motifs is 1. The minimum atomic E-state index is 0.520. The lowest BCUT2D eigenvalue weighted by Crippen LogP contribution is -2.11. The van der Waals surface area contributed by atoms with Crippen LogP contribution in [0.25, 0.3) is 11.0 Å². The summed E-state index contributed by atoms with van der Waals surface area (Å²) < 4.78 is 10.2. The van der Waals surface area contributed by atoms with E-state index in [1.165, 1.54) is 0 Å². The predicted octanol–water partition coefficient (Wildman–Crippen LogP) is 3.31. The molecule has 1 N–H and O–H groups in total. The zero-order valence-electron chi connectivity index (χ0n) is 9.68. The first-order chi connectivity index (χ1) is 9.25. The highest BCUT2D eigenvalue weighted by Crippen LogP contribution is 2.34. The van der Waals surface area contributed by atoms with E-state index in [1.54, 1.807) is 12.3 Å². The van der Waals surface area contributed by atoms with Crippen LogP contribution in [-0.4, -0.2) is 25.1 Å². The number of hydrogen-bond donors (Lipinski definition) is 1. The van der Waals surface area contributed by atoms with E-state index in [0.717, 1.165) is 24.0 Å². The van der Waals surface area contributed by atoms with Crippen molar-refractivity contribution in [1.29, 1.82) is 0 Å². The van der Waals surface area contributed by atoms with E-state index in [9.17, 15) is 0 Å². The third kappa shape index (κ3) is 2.51. The molecule has 0 unspecified atom stereocenters. The summed E-state index contributed by atoms with van der Waals surface area (Å²) in [4.78, 5) is 0. The average Bonchev–Trinajstić information content (AvgIpc) is 3.04. The molecule has 8 heteroatoms. The Morgan fingerprint density at radius 2 is 2.05 bits per heavy atom. The van der Waals surface area contributed by atoms with Crippen molar-refractivity contribution in [2.24, 2.45) is 0 Å². The van der Waals surface area contributed by atoms with E-state index >= 15 is 0 Å². The standard InChI is InChI=1S/C11H9Cl2N5S/c12-7-6-8(13)10-11(17-19-16-10)9(7)14-3-5-18-4-1-2-15-18/h1-2,4,6,14H,3,5H2. The van der Waals surface area contributed by atoms with Gasteiger partial charge >= 0.3 is 0 Å². The average molecular weight is 314 g/mol. The van der Waals surface area contributed by atoms with Crippen LogP contribution < -0.4 is 5.32 Å². The zero-order chi connectivity index (χ0) is 13.2. The lowest BCUT2D eigenvalue weighted by atomic mass is 10.2. The van der Waals surface area contributed by atoms with Gasteiger partial charge in [0.1, 0.15) is 11.0 Å². The van der Waals surface area contributed by atoms with E-state index < -0.39 is 0 Å². The summed E-state index contributed by atoms with van der Waals surface area (Å²) in [7, 11) is 0. The van der Waals surface area contributed by atoms with E-state index in [1.807, 2.05) is 16.9 Å².